The van der Waals surface area contributed by atoms with E-state index in [9.17, 15) is 0 Å². The van der Waals surface area contributed by atoms with Crippen molar-refractivity contribution < 1.29 is 0 Å². The van der Waals surface area contributed by atoms with E-state index < -0.39 is 0 Å². The van der Waals surface area contributed by atoms with Crippen molar-refractivity contribution in [3.63, 3.8) is 0 Å². The molecule has 4 aromatic rings. The minimum absolute atomic E-state index is 0.731. The lowest BCUT2D eigenvalue weighted by Gasteiger charge is -2.10. The number of rotatable bonds is 6. The molecule has 0 fully saturated rings. The number of H-pyrrole nitrogens is 1. The number of nitrogens with zero attached hydrogens (tertiary/aromatic N) is 2. The van der Waals surface area contributed by atoms with Crippen LogP contribution in [0.4, 0.5) is 23.0 Å². The van der Waals surface area contributed by atoms with Gasteiger partial charge in [0.05, 0.1) is 0 Å². The highest BCUT2D eigenvalue weighted by atomic mass is 32.2. The molecule has 0 unspecified atom stereocenters. The molecule has 0 saturated heterocycles. The third kappa shape index (κ3) is 3.79. The molecule has 0 spiro atoms. The van der Waals surface area contributed by atoms with Crippen LogP contribution in [0.3, 0.4) is 0 Å². The van der Waals surface area contributed by atoms with Crippen molar-refractivity contribution in [3.8, 4) is 0 Å². The van der Waals surface area contributed by atoms with Crippen molar-refractivity contribution in [2.75, 3.05) is 17.7 Å². The average Bonchev–Trinajstić information content (AvgIpc) is 3.10. The Morgan fingerprint density at radius 2 is 1.69 bits per heavy atom. The van der Waals surface area contributed by atoms with E-state index in [0.29, 0.717) is 0 Å². The summed E-state index contributed by atoms with van der Waals surface area (Å²) in [6.45, 7) is 0. The number of hydrogen-bond donors (Lipinski definition) is 4. The molecule has 2 aromatic carbocycles. The molecule has 4 rings (SSSR count). The maximum atomic E-state index is 4.30. The van der Waals surface area contributed by atoms with Crippen LogP contribution in [0.1, 0.15) is 0 Å². The van der Waals surface area contributed by atoms with Crippen LogP contribution in [0.25, 0.3) is 10.9 Å². The lowest BCUT2D eigenvalue weighted by atomic mass is 10.2. The first-order chi connectivity index (χ1) is 12.8. The van der Waals surface area contributed by atoms with Gasteiger partial charge in [0.15, 0.2) is 0 Å². The Morgan fingerprint density at radius 1 is 0.885 bits per heavy atom. The molecule has 2 heterocycles. The molecule has 0 aliphatic carbocycles. The second-order valence-corrected chi connectivity index (χ2v) is 6.74. The number of benzene rings is 2. The third-order valence-corrected chi connectivity index (χ3v) is 4.51. The topological polar surface area (TPSA) is 77.7 Å². The molecule has 0 aliphatic rings. The van der Waals surface area contributed by atoms with Crippen molar-refractivity contribution in [1.29, 1.82) is 0 Å². The van der Waals surface area contributed by atoms with Gasteiger partial charge in [-0.3, -0.25) is 4.72 Å². The summed E-state index contributed by atoms with van der Waals surface area (Å²) in [5.41, 5.74) is 3.03. The van der Waals surface area contributed by atoms with E-state index in [0.717, 1.165) is 33.4 Å². The standard InChI is InChI=1S/C19H18N6S/c1-20-26-16-4-2-3-14(9-16)24-18-11-19(23-12-22-18)25-15-6-5-13-7-8-21-17(13)10-15/h2-12,20-21H,1H3,(H2,22,23,24,25). The zero-order valence-electron chi connectivity index (χ0n) is 14.2. The monoisotopic (exact) mass is 362 g/mol. The van der Waals surface area contributed by atoms with Crippen LogP contribution in [-0.2, 0) is 0 Å². The van der Waals surface area contributed by atoms with E-state index in [1.165, 1.54) is 5.39 Å². The van der Waals surface area contributed by atoms with Crippen LogP contribution in [0.15, 0.2) is 72.0 Å². The maximum absolute atomic E-state index is 4.30. The average molecular weight is 362 g/mol. The van der Waals surface area contributed by atoms with Gasteiger partial charge in [0.1, 0.15) is 18.0 Å². The third-order valence-electron chi connectivity index (χ3n) is 3.82. The van der Waals surface area contributed by atoms with E-state index in [1.54, 1.807) is 18.3 Å². The fraction of sp³-hybridized carbons (Fsp3) is 0.0526. The summed E-state index contributed by atoms with van der Waals surface area (Å²) >= 11 is 1.57. The number of aromatic amines is 1. The van der Waals surface area contributed by atoms with Crippen LogP contribution in [-0.4, -0.2) is 22.0 Å². The Kier molecular flexibility index (Phi) is 4.72. The molecule has 0 saturated carbocycles. The fourth-order valence-electron chi connectivity index (χ4n) is 2.67. The highest BCUT2D eigenvalue weighted by Crippen LogP contribution is 2.24. The molecule has 7 heteroatoms. The SMILES string of the molecule is CNSc1cccc(Nc2cc(Nc3ccc4cc[nH]c4c3)ncn2)c1. The molecular weight excluding hydrogens is 344 g/mol. The first-order valence-electron chi connectivity index (χ1n) is 8.17. The quantitative estimate of drug-likeness (QED) is 0.373. The molecule has 130 valence electrons. The van der Waals surface area contributed by atoms with Crippen LogP contribution in [0.5, 0.6) is 0 Å². The van der Waals surface area contributed by atoms with Crippen LogP contribution in [0, 0.1) is 0 Å². The summed E-state index contributed by atoms with van der Waals surface area (Å²) in [6, 6.07) is 18.2. The minimum atomic E-state index is 0.731. The Balaban J connectivity index is 1.51. The lowest BCUT2D eigenvalue weighted by Crippen LogP contribution is -1.99. The van der Waals surface area contributed by atoms with Gasteiger partial charge in [0.25, 0.3) is 0 Å². The summed E-state index contributed by atoms with van der Waals surface area (Å²) < 4.78 is 3.07. The molecule has 2 aromatic heterocycles. The summed E-state index contributed by atoms with van der Waals surface area (Å²) in [5, 5.41) is 7.81. The van der Waals surface area contributed by atoms with Gasteiger partial charge < -0.3 is 15.6 Å². The zero-order chi connectivity index (χ0) is 17.8. The van der Waals surface area contributed by atoms with Gasteiger partial charge in [-0.05, 0) is 60.8 Å². The number of anilines is 4. The zero-order valence-corrected chi connectivity index (χ0v) is 15.0. The van der Waals surface area contributed by atoms with E-state index >= 15 is 0 Å². The van der Waals surface area contributed by atoms with Crippen molar-refractivity contribution in [2.45, 2.75) is 4.90 Å². The molecule has 0 bridgehead atoms. The van der Waals surface area contributed by atoms with E-state index in [2.05, 4.69) is 54.6 Å². The second-order valence-electron chi connectivity index (χ2n) is 5.65. The van der Waals surface area contributed by atoms with Crippen LogP contribution >= 0.6 is 11.9 Å². The molecule has 0 radical (unpaired) electrons. The van der Waals surface area contributed by atoms with Gasteiger partial charge in [-0.15, -0.1) is 0 Å². The van der Waals surface area contributed by atoms with Gasteiger partial charge in [-0.25, -0.2) is 9.97 Å². The predicted octanol–water partition coefficient (Wildman–Crippen LogP) is 4.67. The second kappa shape index (κ2) is 7.47. The Hall–Kier alpha value is -3.03. The van der Waals surface area contributed by atoms with Crippen molar-refractivity contribution in [3.05, 3.63) is 67.1 Å². The van der Waals surface area contributed by atoms with Gasteiger partial charge in [0.2, 0.25) is 0 Å². The van der Waals surface area contributed by atoms with Crippen molar-refractivity contribution >= 4 is 45.9 Å². The molecule has 4 N–H and O–H groups in total. The number of fused-ring (bicyclic) bond motifs is 1. The van der Waals surface area contributed by atoms with E-state index in [1.807, 2.05) is 43.6 Å². The summed E-state index contributed by atoms with van der Waals surface area (Å²) in [6.07, 6.45) is 3.48. The highest BCUT2D eigenvalue weighted by molar-refractivity contribution is 7.97. The molecule has 0 amide bonds. The van der Waals surface area contributed by atoms with Gasteiger partial charge in [-0.2, -0.15) is 0 Å². The largest absolute Gasteiger partial charge is 0.361 e. The maximum Gasteiger partial charge on any atom is 0.135 e. The van der Waals surface area contributed by atoms with Gasteiger partial charge in [-0.1, -0.05) is 12.1 Å². The number of nitrogens with one attached hydrogen (secondary N) is 4. The molecular formula is C19H18N6S. The molecule has 0 aliphatic heterocycles. The number of hydrogen-bond acceptors (Lipinski definition) is 6. The summed E-state index contributed by atoms with van der Waals surface area (Å²) in [4.78, 5) is 12.9. The Labute approximate surface area is 155 Å². The minimum Gasteiger partial charge on any atom is -0.361 e. The summed E-state index contributed by atoms with van der Waals surface area (Å²) in [5.74, 6) is 1.46. The molecule has 6 nitrogen and oxygen atoms in total. The lowest BCUT2D eigenvalue weighted by molar-refractivity contribution is 1.17. The predicted molar refractivity (Wildman–Crippen MR) is 108 cm³/mol. The van der Waals surface area contributed by atoms with E-state index in [4.69, 9.17) is 0 Å². The Bertz CT molecular complexity index is 1030. The van der Waals surface area contributed by atoms with Crippen molar-refractivity contribution in [2.24, 2.45) is 0 Å². The van der Waals surface area contributed by atoms with Crippen LogP contribution in [0.2, 0.25) is 0 Å². The van der Waals surface area contributed by atoms with Gasteiger partial charge in [0, 0.05) is 34.1 Å². The Morgan fingerprint density at radius 3 is 2.50 bits per heavy atom. The van der Waals surface area contributed by atoms with E-state index in [-0.39, 0.29) is 0 Å². The summed E-state index contributed by atoms with van der Waals surface area (Å²) in [7, 11) is 1.90. The smallest absolute Gasteiger partial charge is 0.135 e. The molecule has 0 atom stereocenters. The fourth-order valence-corrected chi connectivity index (χ4v) is 3.24. The molecule has 26 heavy (non-hydrogen) atoms. The normalized spacial score (nSPS) is 10.8. The first-order valence-corrected chi connectivity index (χ1v) is 8.99. The number of aromatic nitrogens is 3. The van der Waals surface area contributed by atoms with Crippen molar-refractivity contribution in [1.82, 2.24) is 19.7 Å². The van der Waals surface area contributed by atoms with Crippen LogP contribution < -0.4 is 15.4 Å². The highest BCUT2D eigenvalue weighted by Gasteiger charge is 2.03. The van der Waals surface area contributed by atoms with Gasteiger partial charge >= 0.3 is 0 Å². The first kappa shape index (κ1) is 16.4.